The number of carbonyl (C=O) groups is 1. The Hall–Kier alpha value is -4.22. The molecule has 0 aromatic heterocycles. The predicted molar refractivity (Wildman–Crippen MR) is 144 cm³/mol. The fraction of sp³-hybridized carbons (Fsp3) is 0.138. The van der Waals surface area contributed by atoms with Gasteiger partial charge in [0.15, 0.2) is 5.78 Å². The first-order chi connectivity index (χ1) is 18.0. The Morgan fingerprint density at radius 3 is 1.78 bits per heavy atom. The molecule has 0 amide bonds. The van der Waals surface area contributed by atoms with Crippen LogP contribution in [0.3, 0.4) is 0 Å². The molecule has 0 fully saturated rings. The summed E-state index contributed by atoms with van der Waals surface area (Å²) in [5.41, 5.74) is 1.69. The molecule has 0 aliphatic heterocycles. The zero-order chi connectivity index (χ0) is 26.1. The third kappa shape index (κ3) is 6.72. The zero-order valence-corrected chi connectivity index (χ0v) is 21.5. The van der Waals surface area contributed by atoms with Crippen LogP contribution in [0.1, 0.15) is 28.6 Å². The number of esters is 1. The number of carbonyl (C=O) groups excluding carboxylic acids is 1. The maximum atomic E-state index is 14.7. The largest absolute Gasteiger partial charge is 0.497 e. The van der Waals surface area contributed by atoms with Crippen LogP contribution in [-0.2, 0) is 9.30 Å². The number of hydrogen-bond donors (Lipinski definition) is 1. The number of methoxy groups -OCH3 is 1. The van der Waals surface area contributed by atoms with Crippen LogP contribution in [0, 0.1) is 0 Å². The van der Waals surface area contributed by atoms with Crippen molar-refractivity contribution < 1.29 is 27.9 Å². The number of benzene rings is 4. The van der Waals surface area contributed by atoms with Gasteiger partial charge in [-0.25, -0.2) is 9.36 Å². The van der Waals surface area contributed by atoms with Crippen molar-refractivity contribution in [3.8, 4) is 17.2 Å². The Kier molecular flexibility index (Phi) is 8.49. The van der Waals surface area contributed by atoms with Crippen molar-refractivity contribution in [2.45, 2.75) is 12.7 Å². The number of rotatable bonds is 11. The normalized spacial score (nSPS) is 11.7. The van der Waals surface area contributed by atoms with Crippen LogP contribution in [0.2, 0.25) is 0 Å². The average molecular weight is 518 g/mol. The van der Waals surface area contributed by atoms with E-state index in [9.17, 15) is 9.36 Å². The topological polar surface area (TPSA) is 83.1 Å². The highest BCUT2D eigenvalue weighted by atomic mass is 31.2. The minimum Gasteiger partial charge on any atom is -0.497 e. The Bertz CT molecular complexity index is 1280. The van der Waals surface area contributed by atoms with Crippen LogP contribution in [-0.4, -0.2) is 19.7 Å². The Labute approximate surface area is 216 Å². The van der Waals surface area contributed by atoms with Crippen molar-refractivity contribution in [3.05, 3.63) is 120 Å². The van der Waals surface area contributed by atoms with Gasteiger partial charge in [-0.1, -0.05) is 48.5 Å². The summed E-state index contributed by atoms with van der Waals surface area (Å²) in [4.78, 5) is 12.1. The van der Waals surface area contributed by atoms with Crippen LogP contribution in [0.15, 0.2) is 109 Å². The summed E-state index contributed by atoms with van der Waals surface area (Å²) in [6, 6.07) is 31.7. The molecule has 0 heterocycles. The molecule has 0 radical (unpaired) electrons. The van der Waals surface area contributed by atoms with Gasteiger partial charge in [-0.05, 0) is 73.2 Å². The smallest absolute Gasteiger partial charge is 0.457 e. The third-order valence-electron chi connectivity index (χ3n) is 5.40. The Morgan fingerprint density at radius 2 is 1.30 bits per heavy atom. The molecular formula is C29H28NO6P. The zero-order valence-electron chi connectivity index (χ0n) is 20.6. The molecule has 190 valence electrons. The van der Waals surface area contributed by atoms with E-state index in [-0.39, 0.29) is 6.61 Å². The lowest BCUT2D eigenvalue weighted by molar-refractivity contribution is 0.0526. The molecule has 0 saturated heterocycles. The summed E-state index contributed by atoms with van der Waals surface area (Å²) in [6.07, 6.45) is 0. The summed E-state index contributed by atoms with van der Waals surface area (Å²) >= 11 is 0. The van der Waals surface area contributed by atoms with Crippen molar-refractivity contribution in [1.29, 1.82) is 0 Å². The van der Waals surface area contributed by atoms with E-state index in [1.807, 2.05) is 12.1 Å². The second-order valence-corrected chi connectivity index (χ2v) is 9.93. The molecule has 8 heteroatoms. The highest BCUT2D eigenvalue weighted by molar-refractivity contribution is 7.55. The molecular weight excluding hydrogens is 489 g/mol. The van der Waals surface area contributed by atoms with E-state index in [1.54, 1.807) is 111 Å². The summed E-state index contributed by atoms with van der Waals surface area (Å²) < 4.78 is 37.3. The van der Waals surface area contributed by atoms with Gasteiger partial charge in [0.2, 0.25) is 0 Å². The maximum absolute atomic E-state index is 14.7. The second kappa shape index (κ2) is 12.2. The third-order valence-corrected chi connectivity index (χ3v) is 7.39. The van der Waals surface area contributed by atoms with Crippen LogP contribution in [0.5, 0.6) is 17.2 Å². The number of nitrogens with one attached hydrogen (secondary N) is 1. The molecule has 0 saturated carbocycles. The first-order valence-electron chi connectivity index (χ1n) is 11.8. The number of ether oxygens (including phenoxy) is 2. The lowest BCUT2D eigenvalue weighted by atomic mass is 10.2. The van der Waals surface area contributed by atoms with Crippen LogP contribution < -0.4 is 19.1 Å². The summed E-state index contributed by atoms with van der Waals surface area (Å²) in [7, 11) is -2.39. The van der Waals surface area contributed by atoms with Crippen molar-refractivity contribution in [3.63, 3.8) is 0 Å². The van der Waals surface area contributed by atoms with Gasteiger partial charge in [0, 0.05) is 5.69 Å². The molecule has 1 atom stereocenters. The van der Waals surface area contributed by atoms with Gasteiger partial charge in [-0.2, -0.15) is 0 Å². The van der Waals surface area contributed by atoms with E-state index in [0.717, 1.165) is 0 Å². The minimum absolute atomic E-state index is 0.287. The highest BCUT2D eigenvalue weighted by Crippen LogP contribution is 2.60. The molecule has 4 aromatic carbocycles. The van der Waals surface area contributed by atoms with E-state index in [4.69, 9.17) is 18.5 Å². The van der Waals surface area contributed by atoms with Crippen LogP contribution in [0.25, 0.3) is 0 Å². The Balaban J connectivity index is 1.75. The molecule has 0 aliphatic carbocycles. The summed E-state index contributed by atoms with van der Waals surface area (Å²) in [5, 5.41) is 3.31. The molecule has 1 N–H and O–H groups in total. The summed E-state index contributed by atoms with van der Waals surface area (Å²) in [6.45, 7) is 2.04. The van der Waals surface area contributed by atoms with Crippen LogP contribution in [0.4, 0.5) is 5.69 Å². The monoisotopic (exact) mass is 517 g/mol. The lowest BCUT2D eigenvalue weighted by Gasteiger charge is -2.29. The maximum Gasteiger partial charge on any atom is 0.457 e. The van der Waals surface area contributed by atoms with Gasteiger partial charge in [0.05, 0.1) is 19.3 Å². The Morgan fingerprint density at radius 1 is 0.757 bits per heavy atom. The van der Waals surface area contributed by atoms with E-state index in [2.05, 4.69) is 5.32 Å². The summed E-state index contributed by atoms with van der Waals surface area (Å²) in [5.74, 6) is 0.141. The molecule has 0 bridgehead atoms. The fourth-order valence-electron chi connectivity index (χ4n) is 3.59. The van der Waals surface area contributed by atoms with Gasteiger partial charge in [-0.3, -0.25) is 0 Å². The van der Waals surface area contributed by atoms with Gasteiger partial charge in [0.1, 0.15) is 17.2 Å². The molecule has 7 nitrogen and oxygen atoms in total. The van der Waals surface area contributed by atoms with Crippen molar-refractivity contribution in [2.24, 2.45) is 0 Å². The molecule has 37 heavy (non-hydrogen) atoms. The predicted octanol–water partition coefficient (Wildman–Crippen LogP) is 7.33. The van der Waals surface area contributed by atoms with E-state index in [1.165, 1.54) is 0 Å². The van der Waals surface area contributed by atoms with Gasteiger partial charge in [-0.15, -0.1) is 0 Å². The second-order valence-electron chi connectivity index (χ2n) is 7.97. The van der Waals surface area contributed by atoms with Crippen molar-refractivity contribution >= 4 is 19.3 Å². The molecule has 4 aromatic rings. The number of hydrogen-bond acceptors (Lipinski definition) is 7. The van der Waals surface area contributed by atoms with Crippen LogP contribution >= 0.6 is 7.60 Å². The number of para-hydroxylation sites is 2. The van der Waals surface area contributed by atoms with E-state index < -0.39 is 19.3 Å². The highest BCUT2D eigenvalue weighted by Gasteiger charge is 2.41. The first kappa shape index (κ1) is 25.9. The molecule has 0 aliphatic rings. The van der Waals surface area contributed by atoms with E-state index in [0.29, 0.717) is 34.1 Å². The molecule has 1 unspecified atom stereocenters. The van der Waals surface area contributed by atoms with Crippen molar-refractivity contribution in [2.75, 3.05) is 19.0 Å². The fourth-order valence-corrected chi connectivity index (χ4v) is 5.51. The SMILES string of the molecule is CCOC(=O)c1ccc(NC(c2ccc(OC)cc2)P(=O)(Oc2ccccc2)Oc2ccccc2)cc1. The average Bonchev–Trinajstić information content (AvgIpc) is 2.93. The standard InChI is InChI=1S/C29H28NO6P/c1-3-34-29(31)23-14-18-24(19-15-23)30-28(22-16-20-25(33-2)21-17-22)37(32,35-26-10-6-4-7-11-26)36-27-12-8-5-9-13-27/h4-21,28,30H,3H2,1-2H3. The molecule has 4 rings (SSSR count). The number of anilines is 1. The first-order valence-corrected chi connectivity index (χ1v) is 13.4. The van der Waals surface area contributed by atoms with Gasteiger partial charge >= 0.3 is 13.6 Å². The minimum atomic E-state index is -3.97. The van der Waals surface area contributed by atoms with Gasteiger partial charge < -0.3 is 23.8 Å². The van der Waals surface area contributed by atoms with E-state index >= 15 is 0 Å². The quantitative estimate of drug-likeness (QED) is 0.165. The van der Waals surface area contributed by atoms with Gasteiger partial charge in [0.25, 0.3) is 0 Å². The van der Waals surface area contributed by atoms with Crippen molar-refractivity contribution in [1.82, 2.24) is 0 Å². The molecule has 0 spiro atoms. The lowest BCUT2D eigenvalue weighted by Crippen LogP contribution is -2.18.